The van der Waals surface area contributed by atoms with Crippen molar-refractivity contribution in [3.63, 3.8) is 0 Å². The summed E-state index contributed by atoms with van der Waals surface area (Å²) in [4.78, 5) is 23.4. The molecule has 188 valence electrons. The van der Waals surface area contributed by atoms with Crippen molar-refractivity contribution in [2.45, 2.75) is 130 Å². The molecule has 0 heterocycles. The summed E-state index contributed by atoms with van der Waals surface area (Å²) in [5.74, 6) is 0.551. The molecule has 0 bridgehead atoms. The number of ether oxygens (including phenoxy) is 2. The van der Waals surface area contributed by atoms with Gasteiger partial charge in [0.2, 0.25) is 0 Å². The Balaban J connectivity index is 3.60. The van der Waals surface area contributed by atoms with Crippen molar-refractivity contribution < 1.29 is 19.1 Å². The SMILES string of the molecule is CCCCCCC(C)CCCCOC(=O)/C=C\C(=O)OCCCCC(C)CCCCCC. The van der Waals surface area contributed by atoms with Crippen molar-refractivity contribution in [2.24, 2.45) is 11.8 Å². The van der Waals surface area contributed by atoms with Crippen LogP contribution in [-0.4, -0.2) is 25.2 Å². The minimum absolute atomic E-state index is 0.414. The first kappa shape index (κ1) is 30.7. The van der Waals surface area contributed by atoms with Gasteiger partial charge < -0.3 is 9.47 Å². The fourth-order valence-corrected chi connectivity index (χ4v) is 3.90. The quantitative estimate of drug-likeness (QED) is 0.0943. The molecule has 0 spiro atoms. The predicted octanol–water partition coefficient (Wildman–Crippen LogP) is 8.18. The molecule has 0 aromatic heterocycles. The Hall–Kier alpha value is -1.32. The lowest BCUT2D eigenvalue weighted by Gasteiger charge is -2.11. The lowest BCUT2D eigenvalue weighted by molar-refractivity contribution is -0.140. The third-order valence-electron chi connectivity index (χ3n) is 6.13. The first-order valence-corrected chi connectivity index (χ1v) is 13.5. The third kappa shape index (κ3) is 21.9. The maximum absolute atomic E-state index is 11.7. The molecule has 0 saturated heterocycles. The van der Waals surface area contributed by atoms with E-state index in [1.165, 1.54) is 89.2 Å². The fraction of sp³-hybridized carbons (Fsp3) is 0.857. The van der Waals surface area contributed by atoms with Gasteiger partial charge in [-0.25, -0.2) is 9.59 Å². The van der Waals surface area contributed by atoms with Crippen LogP contribution in [0.15, 0.2) is 12.2 Å². The average Bonchev–Trinajstić information content (AvgIpc) is 2.77. The van der Waals surface area contributed by atoms with Crippen molar-refractivity contribution in [2.75, 3.05) is 13.2 Å². The molecule has 0 aromatic rings. The normalized spacial score (nSPS) is 13.2. The highest BCUT2D eigenvalue weighted by molar-refractivity contribution is 5.91. The Morgan fingerprint density at radius 3 is 1.25 bits per heavy atom. The van der Waals surface area contributed by atoms with E-state index in [4.69, 9.17) is 9.47 Å². The Labute approximate surface area is 198 Å². The van der Waals surface area contributed by atoms with E-state index in [1.807, 2.05) is 0 Å². The molecular weight excluding hydrogens is 400 g/mol. The summed E-state index contributed by atoms with van der Waals surface area (Å²) in [6.45, 7) is 9.92. The van der Waals surface area contributed by atoms with Crippen LogP contribution in [0.1, 0.15) is 130 Å². The molecule has 0 saturated carbocycles. The molecule has 0 rings (SSSR count). The molecule has 2 unspecified atom stereocenters. The number of carbonyl (C=O) groups excluding carboxylic acids is 2. The first-order valence-electron chi connectivity index (χ1n) is 13.5. The molecule has 0 radical (unpaired) electrons. The summed E-state index contributed by atoms with van der Waals surface area (Å²) < 4.78 is 10.3. The molecule has 0 aliphatic heterocycles. The van der Waals surface area contributed by atoms with Crippen LogP contribution >= 0.6 is 0 Å². The largest absolute Gasteiger partial charge is 0.463 e. The van der Waals surface area contributed by atoms with E-state index in [9.17, 15) is 9.59 Å². The highest BCUT2D eigenvalue weighted by Gasteiger charge is 2.05. The summed E-state index contributed by atoms with van der Waals surface area (Å²) in [6.07, 6.45) is 21.8. The van der Waals surface area contributed by atoms with Gasteiger partial charge in [-0.1, -0.05) is 105 Å². The van der Waals surface area contributed by atoms with Crippen LogP contribution in [0, 0.1) is 11.8 Å². The van der Waals surface area contributed by atoms with E-state index in [0.29, 0.717) is 13.2 Å². The zero-order chi connectivity index (χ0) is 23.9. The fourth-order valence-electron chi connectivity index (χ4n) is 3.90. The van der Waals surface area contributed by atoms with E-state index in [2.05, 4.69) is 27.7 Å². The summed E-state index contributed by atoms with van der Waals surface area (Å²) in [5.41, 5.74) is 0. The lowest BCUT2D eigenvalue weighted by atomic mass is 9.97. The molecule has 0 aliphatic carbocycles. The monoisotopic (exact) mass is 452 g/mol. The van der Waals surface area contributed by atoms with Crippen LogP contribution in [0.3, 0.4) is 0 Å². The van der Waals surface area contributed by atoms with Crippen LogP contribution in [-0.2, 0) is 19.1 Å². The van der Waals surface area contributed by atoms with Crippen LogP contribution in [0.5, 0.6) is 0 Å². The number of rotatable bonds is 22. The smallest absolute Gasteiger partial charge is 0.331 e. The molecule has 0 amide bonds. The highest BCUT2D eigenvalue weighted by atomic mass is 16.5. The summed E-state index contributed by atoms with van der Waals surface area (Å²) in [5, 5.41) is 0. The second-order valence-corrected chi connectivity index (χ2v) is 9.57. The van der Waals surface area contributed by atoms with Crippen molar-refractivity contribution in [3.8, 4) is 0 Å². The number of hydrogen-bond acceptors (Lipinski definition) is 4. The summed E-state index contributed by atoms with van der Waals surface area (Å²) >= 11 is 0. The molecule has 32 heavy (non-hydrogen) atoms. The molecule has 4 nitrogen and oxygen atoms in total. The Kier molecular flexibility index (Phi) is 21.9. The van der Waals surface area contributed by atoms with Gasteiger partial charge in [0.05, 0.1) is 13.2 Å². The van der Waals surface area contributed by atoms with Crippen LogP contribution in [0.2, 0.25) is 0 Å². The average molecular weight is 453 g/mol. The van der Waals surface area contributed by atoms with Gasteiger partial charge in [-0.2, -0.15) is 0 Å². The molecular formula is C28H52O4. The topological polar surface area (TPSA) is 52.6 Å². The van der Waals surface area contributed by atoms with Gasteiger partial charge in [0, 0.05) is 12.2 Å². The molecule has 0 fully saturated rings. The third-order valence-corrected chi connectivity index (χ3v) is 6.13. The van der Waals surface area contributed by atoms with Gasteiger partial charge >= 0.3 is 11.9 Å². The standard InChI is InChI=1S/C28H52O4/c1-5-7-9-11-17-25(3)19-13-15-23-31-27(29)21-22-28(30)32-24-16-14-20-26(4)18-12-10-8-6-2/h21-22,25-26H,5-20,23-24H2,1-4H3/b22-21-. The van der Waals surface area contributed by atoms with Crippen LogP contribution < -0.4 is 0 Å². The molecule has 4 heteroatoms. The maximum Gasteiger partial charge on any atom is 0.331 e. The number of carbonyl (C=O) groups is 2. The second kappa shape index (κ2) is 22.9. The lowest BCUT2D eigenvalue weighted by Crippen LogP contribution is -2.06. The predicted molar refractivity (Wildman–Crippen MR) is 135 cm³/mol. The number of unbranched alkanes of at least 4 members (excludes halogenated alkanes) is 8. The van der Waals surface area contributed by atoms with E-state index in [0.717, 1.165) is 37.5 Å². The molecule has 0 N–H and O–H groups in total. The minimum atomic E-state index is -0.466. The first-order chi connectivity index (χ1) is 15.5. The van der Waals surface area contributed by atoms with Gasteiger partial charge in [0.25, 0.3) is 0 Å². The summed E-state index contributed by atoms with van der Waals surface area (Å²) in [6, 6.07) is 0. The van der Waals surface area contributed by atoms with E-state index < -0.39 is 11.9 Å². The van der Waals surface area contributed by atoms with Gasteiger partial charge in [0.15, 0.2) is 0 Å². The summed E-state index contributed by atoms with van der Waals surface area (Å²) in [7, 11) is 0. The number of hydrogen-bond donors (Lipinski definition) is 0. The second-order valence-electron chi connectivity index (χ2n) is 9.57. The van der Waals surface area contributed by atoms with Crippen LogP contribution in [0.25, 0.3) is 0 Å². The van der Waals surface area contributed by atoms with Gasteiger partial charge in [-0.05, 0) is 37.5 Å². The Morgan fingerprint density at radius 2 is 0.906 bits per heavy atom. The number of esters is 2. The van der Waals surface area contributed by atoms with Crippen molar-refractivity contribution in [1.82, 2.24) is 0 Å². The van der Waals surface area contributed by atoms with Gasteiger partial charge in [-0.15, -0.1) is 0 Å². The van der Waals surface area contributed by atoms with E-state index in [-0.39, 0.29) is 0 Å². The van der Waals surface area contributed by atoms with Crippen molar-refractivity contribution in [3.05, 3.63) is 12.2 Å². The Morgan fingerprint density at radius 1 is 0.562 bits per heavy atom. The molecule has 0 aliphatic rings. The van der Waals surface area contributed by atoms with E-state index >= 15 is 0 Å². The molecule has 2 atom stereocenters. The zero-order valence-electron chi connectivity index (χ0n) is 21.7. The van der Waals surface area contributed by atoms with E-state index in [1.54, 1.807) is 0 Å². The van der Waals surface area contributed by atoms with Gasteiger partial charge in [-0.3, -0.25) is 0 Å². The zero-order valence-corrected chi connectivity index (χ0v) is 21.7. The Bertz CT molecular complexity index is 430. The van der Waals surface area contributed by atoms with Crippen molar-refractivity contribution >= 4 is 11.9 Å². The molecule has 0 aromatic carbocycles. The van der Waals surface area contributed by atoms with Gasteiger partial charge in [0.1, 0.15) is 0 Å². The van der Waals surface area contributed by atoms with Crippen LogP contribution in [0.4, 0.5) is 0 Å². The maximum atomic E-state index is 11.7. The van der Waals surface area contributed by atoms with Crippen molar-refractivity contribution in [1.29, 1.82) is 0 Å². The highest BCUT2D eigenvalue weighted by Crippen LogP contribution is 2.17. The minimum Gasteiger partial charge on any atom is -0.463 e.